The summed E-state index contributed by atoms with van der Waals surface area (Å²) < 4.78 is 0. The molecule has 6 nitrogen and oxygen atoms in total. The average Bonchev–Trinajstić information content (AvgIpc) is 3.48. The second-order valence-corrected chi connectivity index (χ2v) is 18.7. The molecular formula is C46H82N2O4. The summed E-state index contributed by atoms with van der Waals surface area (Å²) in [4.78, 5) is 25.1. The van der Waals surface area contributed by atoms with Crippen LogP contribution < -0.4 is 10.6 Å². The highest BCUT2D eigenvalue weighted by Gasteiger charge is 2.64. The molecule has 0 aromatic heterocycles. The number of carbonyl (C=O) groups excluding carboxylic acids is 2. The van der Waals surface area contributed by atoms with Gasteiger partial charge in [-0.15, -0.1) is 0 Å². The first-order valence-corrected chi connectivity index (χ1v) is 22.6. The Morgan fingerprint density at radius 2 is 1.29 bits per heavy atom. The van der Waals surface area contributed by atoms with Crippen LogP contribution in [0.4, 0.5) is 0 Å². The Kier molecular flexibility index (Phi) is 18.0. The molecule has 0 aromatic rings. The van der Waals surface area contributed by atoms with E-state index in [2.05, 4.69) is 57.4 Å². The van der Waals surface area contributed by atoms with Crippen LogP contribution in [0.3, 0.4) is 0 Å². The molecule has 11 atom stereocenters. The number of allylic oxidation sites excluding steroid dienone is 2. The number of carbonyl (C=O) groups is 2. The normalized spacial score (nSPS) is 34.8. The second kappa shape index (κ2) is 21.6. The standard InChI is InChI=1S/C46H82N2O4/c1-6-8-9-10-11-12-13-14-15-16-17-18-19-20-21-22-41(50)47-31-32-48-42(51)26-23-34(3)37-24-25-38-43-39(28-30-45(37,38)4)46(5)29-27-35(49)33-40(46)36(7-2)44(43)52/h14-15,34-40,43-44,49,52H,6-13,16-33H2,1-5H3,(H,47,50)(H,48,51)/t34-,35-,36-,37?,38+,39+,40+,43+,44-,45-,46-/m1/s1. The van der Waals surface area contributed by atoms with Crippen LogP contribution in [0.15, 0.2) is 12.2 Å². The van der Waals surface area contributed by atoms with E-state index in [9.17, 15) is 19.8 Å². The second-order valence-electron chi connectivity index (χ2n) is 18.7. The van der Waals surface area contributed by atoms with E-state index in [0.29, 0.717) is 67.4 Å². The van der Waals surface area contributed by atoms with E-state index in [-0.39, 0.29) is 34.9 Å². The van der Waals surface area contributed by atoms with Crippen molar-refractivity contribution in [3.05, 3.63) is 12.2 Å². The minimum absolute atomic E-state index is 0.0914. The van der Waals surface area contributed by atoms with Crippen LogP contribution in [-0.2, 0) is 9.59 Å². The maximum atomic E-state index is 12.8. The molecule has 300 valence electrons. The Morgan fingerprint density at radius 3 is 1.94 bits per heavy atom. The largest absolute Gasteiger partial charge is 0.393 e. The number of hydrogen-bond donors (Lipinski definition) is 4. The third-order valence-electron chi connectivity index (χ3n) is 15.4. The summed E-state index contributed by atoms with van der Waals surface area (Å²) in [5.74, 6) is 3.45. The molecular weight excluding hydrogens is 645 g/mol. The number of fused-ring (bicyclic) bond motifs is 5. The number of rotatable bonds is 23. The molecule has 4 fully saturated rings. The first-order valence-electron chi connectivity index (χ1n) is 22.6. The Morgan fingerprint density at radius 1 is 0.712 bits per heavy atom. The van der Waals surface area contributed by atoms with Gasteiger partial charge in [0.05, 0.1) is 12.2 Å². The van der Waals surface area contributed by atoms with Crippen molar-refractivity contribution in [1.82, 2.24) is 10.6 Å². The summed E-state index contributed by atoms with van der Waals surface area (Å²) in [7, 11) is 0. The lowest BCUT2D eigenvalue weighted by Crippen LogP contribution is -2.62. The highest BCUT2D eigenvalue weighted by atomic mass is 16.3. The van der Waals surface area contributed by atoms with Crippen LogP contribution in [0.25, 0.3) is 0 Å². The molecule has 2 amide bonds. The van der Waals surface area contributed by atoms with Crippen molar-refractivity contribution in [1.29, 1.82) is 0 Å². The number of amides is 2. The lowest BCUT2D eigenvalue weighted by Gasteiger charge is -2.64. The van der Waals surface area contributed by atoms with Crippen molar-refractivity contribution < 1.29 is 19.8 Å². The summed E-state index contributed by atoms with van der Waals surface area (Å²) in [5, 5.41) is 28.6. The van der Waals surface area contributed by atoms with Gasteiger partial charge in [0.25, 0.3) is 0 Å². The minimum Gasteiger partial charge on any atom is -0.393 e. The predicted molar refractivity (Wildman–Crippen MR) is 216 cm³/mol. The number of nitrogens with one attached hydrogen (secondary N) is 2. The molecule has 4 rings (SSSR count). The maximum absolute atomic E-state index is 12.8. The third-order valence-corrected chi connectivity index (χ3v) is 15.4. The van der Waals surface area contributed by atoms with Gasteiger partial charge in [-0.05, 0) is 136 Å². The van der Waals surface area contributed by atoms with Gasteiger partial charge in [0.2, 0.25) is 11.8 Å². The lowest BCUT2D eigenvalue weighted by molar-refractivity contribution is -0.203. The number of aliphatic hydroxyl groups excluding tert-OH is 2. The molecule has 0 heterocycles. The van der Waals surface area contributed by atoms with E-state index in [1.165, 1.54) is 96.3 Å². The first-order chi connectivity index (χ1) is 25.1. The predicted octanol–water partition coefficient (Wildman–Crippen LogP) is 10.3. The zero-order valence-corrected chi connectivity index (χ0v) is 34.4. The van der Waals surface area contributed by atoms with Crippen LogP contribution in [0.2, 0.25) is 0 Å². The molecule has 0 bridgehead atoms. The first kappa shape index (κ1) is 43.3. The number of unbranched alkanes of at least 4 members (excludes halogenated alkanes) is 11. The highest BCUT2D eigenvalue weighted by molar-refractivity contribution is 5.77. The topological polar surface area (TPSA) is 98.7 Å². The molecule has 6 heteroatoms. The van der Waals surface area contributed by atoms with Crippen LogP contribution in [0.5, 0.6) is 0 Å². The van der Waals surface area contributed by atoms with Gasteiger partial charge in [-0.25, -0.2) is 0 Å². The van der Waals surface area contributed by atoms with Crippen molar-refractivity contribution >= 4 is 11.8 Å². The van der Waals surface area contributed by atoms with E-state index < -0.39 is 0 Å². The van der Waals surface area contributed by atoms with Crippen LogP contribution >= 0.6 is 0 Å². The van der Waals surface area contributed by atoms with E-state index >= 15 is 0 Å². The molecule has 0 spiro atoms. The van der Waals surface area contributed by atoms with Crippen molar-refractivity contribution in [2.75, 3.05) is 13.1 Å². The van der Waals surface area contributed by atoms with Crippen molar-refractivity contribution in [3.63, 3.8) is 0 Å². The van der Waals surface area contributed by atoms with Crippen LogP contribution in [0.1, 0.15) is 189 Å². The van der Waals surface area contributed by atoms with Gasteiger partial charge in [0.15, 0.2) is 0 Å². The summed E-state index contributed by atoms with van der Waals surface area (Å²) in [6.45, 7) is 12.9. The highest BCUT2D eigenvalue weighted by Crippen LogP contribution is 2.69. The summed E-state index contributed by atoms with van der Waals surface area (Å²) >= 11 is 0. The van der Waals surface area contributed by atoms with Crippen molar-refractivity contribution in [2.45, 2.75) is 201 Å². The van der Waals surface area contributed by atoms with Gasteiger partial charge in [0.1, 0.15) is 0 Å². The monoisotopic (exact) mass is 727 g/mol. The van der Waals surface area contributed by atoms with E-state index in [4.69, 9.17) is 0 Å². The molecule has 4 saturated carbocycles. The summed E-state index contributed by atoms with van der Waals surface area (Å²) in [6.07, 6.45) is 31.3. The van der Waals surface area contributed by atoms with Crippen LogP contribution in [-0.4, -0.2) is 47.3 Å². The van der Waals surface area contributed by atoms with E-state index in [0.717, 1.165) is 44.9 Å². The minimum atomic E-state index is -0.259. The SMILES string of the molecule is CCCCCCCCC=CCCCCCCCC(=O)NCCNC(=O)CC[C@@H](C)C1CC[C@H]2[C@@H]3[C@H](O)[C@H](CC)[C@@H]4C[C@H](O)CC[C@]4(C)[C@H]3CC[C@]12C. The Hall–Kier alpha value is -1.40. The van der Waals surface area contributed by atoms with E-state index in [1.807, 2.05) is 0 Å². The molecule has 0 aliphatic heterocycles. The molecule has 0 saturated heterocycles. The van der Waals surface area contributed by atoms with Gasteiger partial charge in [-0.3, -0.25) is 9.59 Å². The Labute approximate surface area is 319 Å². The smallest absolute Gasteiger partial charge is 0.220 e. The Balaban J connectivity index is 1.06. The number of hydrogen-bond acceptors (Lipinski definition) is 4. The van der Waals surface area contributed by atoms with Gasteiger partial charge in [-0.2, -0.15) is 0 Å². The number of aliphatic hydroxyl groups is 2. The van der Waals surface area contributed by atoms with Crippen molar-refractivity contribution in [2.24, 2.45) is 52.3 Å². The van der Waals surface area contributed by atoms with Gasteiger partial charge >= 0.3 is 0 Å². The molecule has 0 radical (unpaired) electrons. The summed E-state index contributed by atoms with van der Waals surface area (Å²) in [6, 6.07) is 0. The fourth-order valence-electron chi connectivity index (χ4n) is 12.4. The molecule has 4 N–H and O–H groups in total. The zero-order valence-electron chi connectivity index (χ0n) is 34.4. The average molecular weight is 727 g/mol. The van der Waals surface area contributed by atoms with E-state index in [1.54, 1.807) is 0 Å². The lowest BCUT2D eigenvalue weighted by atomic mass is 9.41. The fraction of sp³-hybridized carbons (Fsp3) is 0.913. The molecule has 0 aromatic carbocycles. The molecule has 52 heavy (non-hydrogen) atoms. The zero-order chi connectivity index (χ0) is 37.6. The van der Waals surface area contributed by atoms with Crippen molar-refractivity contribution in [3.8, 4) is 0 Å². The van der Waals surface area contributed by atoms with Gasteiger partial charge in [0, 0.05) is 25.9 Å². The molecule has 1 unspecified atom stereocenters. The third kappa shape index (κ3) is 11.3. The molecule has 4 aliphatic carbocycles. The van der Waals surface area contributed by atoms with Crippen LogP contribution in [0, 0.1) is 52.3 Å². The maximum Gasteiger partial charge on any atom is 0.220 e. The molecule has 4 aliphatic rings. The fourth-order valence-corrected chi connectivity index (χ4v) is 12.4. The Bertz CT molecular complexity index is 1090. The van der Waals surface area contributed by atoms with Gasteiger partial charge < -0.3 is 20.8 Å². The summed E-state index contributed by atoms with van der Waals surface area (Å²) in [5.41, 5.74) is 0.457. The van der Waals surface area contributed by atoms with Gasteiger partial charge in [-0.1, -0.05) is 105 Å². The quantitative estimate of drug-likeness (QED) is 0.0622.